The van der Waals surface area contributed by atoms with E-state index < -0.39 is 8.32 Å². The molecule has 0 atom stereocenters. The molecule has 0 bridgehead atoms. The highest BCUT2D eigenvalue weighted by atomic mass is 28.4. The molecular weight excluding hydrogens is 482 g/mol. The van der Waals surface area contributed by atoms with E-state index in [0.717, 1.165) is 65.8 Å². The maximum atomic E-state index is 6.57. The van der Waals surface area contributed by atoms with Gasteiger partial charge in [-0.05, 0) is 42.4 Å². The molecule has 0 radical (unpaired) electrons. The van der Waals surface area contributed by atoms with Gasteiger partial charge in [0.1, 0.15) is 11.5 Å². The number of aromatic nitrogens is 1. The Bertz CT molecular complexity index is 1180. The Hall–Kier alpha value is -2.81. The van der Waals surface area contributed by atoms with E-state index in [1.165, 1.54) is 0 Å². The standard InChI is InChI=1S/C29H41N3O4Si/c1-29(2,3)37(6,7)36-15-12-32(24-18-26(33-4)20-27(19-24)34-5)23-8-9-28-22(16-23)17-25(21-30-28)31-10-13-35-14-11-31/h8-9,16-21H,10-15H2,1-7H3. The van der Waals surface area contributed by atoms with Crippen molar-refractivity contribution in [2.24, 2.45) is 0 Å². The fourth-order valence-electron chi connectivity index (χ4n) is 4.23. The van der Waals surface area contributed by atoms with Gasteiger partial charge in [0.15, 0.2) is 8.32 Å². The van der Waals surface area contributed by atoms with E-state index in [1.807, 2.05) is 24.4 Å². The summed E-state index contributed by atoms with van der Waals surface area (Å²) in [5, 5.41) is 1.26. The lowest BCUT2D eigenvalue weighted by Gasteiger charge is -2.37. The molecule has 0 unspecified atom stereocenters. The monoisotopic (exact) mass is 523 g/mol. The number of hydrogen-bond acceptors (Lipinski definition) is 7. The van der Waals surface area contributed by atoms with Crippen LogP contribution in [0.3, 0.4) is 0 Å². The highest BCUT2D eigenvalue weighted by molar-refractivity contribution is 6.74. The number of rotatable bonds is 9. The van der Waals surface area contributed by atoms with Gasteiger partial charge in [0, 0.05) is 54.6 Å². The molecule has 1 fully saturated rings. The van der Waals surface area contributed by atoms with Crippen LogP contribution in [0.1, 0.15) is 20.8 Å². The van der Waals surface area contributed by atoms with E-state index in [-0.39, 0.29) is 5.04 Å². The van der Waals surface area contributed by atoms with Gasteiger partial charge in [-0.1, -0.05) is 20.8 Å². The highest BCUT2D eigenvalue weighted by Gasteiger charge is 2.37. The molecule has 0 aliphatic carbocycles. The predicted molar refractivity (Wildman–Crippen MR) is 154 cm³/mol. The second-order valence-corrected chi connectivity index (χ2v) is 15.8. The van der Waals surface area contributed by atoms with Gasteiger partial charge in [-0.3, -0.25) is 4.98 Å². The molecule has 200 valence electrons. The SMILES string of the molecule is COc1cc(OC)cc(N(CCO[Si](C)(C)C(C)(C)C)c2ccc3ncc(N4CCOCC4)cc3c2)c1. The van der Waals surface area contributed by atoms with E-state index in [2.05, 4.69) is 67.9 Å². The normalized spacial score (nSPS) is 14.6. The highest BCUT2D eigenvalue weighted by Crippen LogP contribution is 2.38. The van der Waals surface area contributed by atoms with Crippen LogP contribution in [-0.4, -0.2) is 67.0 Å². The van der Waals surface area contributed by atoms with E-state index in [1.54, 1.807) is 14.2 Å². The van der Waals surface area contributed by atoms with Gasteiger partial charge in [0.25, 0.3) is 0 Å². The molecule has 0 saturated carbocycles. The second kappa shape index (κ2) is 11.3. The van der Waals surface area contributed by atoms with Crippen molar-refractivity contribution in [3.63, 3.8) is 0 Å². The molecule has 0 amide bonds. The summed E-state index contributed by atoms with van der Waals surface area (Å²) in [7, 11) is 1.48. The number of methoxy groups -OCH3 is 2. The molecule has 8 heteroatoms. The van der Waals surface area contributed by atoms with Crippen LogP contribution in [0.4, 0.5) is 17.1 Å². The van der Waals surface area contributed by atoms with Gasteiger partial charge in [-0.15, -0.1) is 0 Å². The van der Waals surface area contributed by atoms with Crippen molar-refractivity contribution in [1.82, 2.24) is 4.98 Å². The molecule has 0 N–H and O–H groups in total. The van der Waals surface area contributed by atoms with Crippen LogP contribution in [0.2, 0.25) is 18.1 Å². The van der Waals surface area contributed by atoms with Crippen molar-refractivity contribution in [1.29, 1.82) is 0 Å². The van der Waals surface area contributed by atoms with Crippen molar-refractivity contribution < 1.29 is 18.6 Å². The summed E-state index contributed by atoms with van der Waals surface area (Å²) >= 11 is 0. The summed E-state index contributed by atoms with van der Waals surface area (Å²) in [6, 6.07) is 14.6. The van der Waals surface area contributed by atoms with E-state index in [4.69, 9.17) is 23.6 Å². The lowest BCUT2D eigenvalue weighted by atomic mass is 10.1. The summed E-state index contributed by atoms with van der Waals surface area (Å²) in [5.74, 6) is 1.50. The maximum Gasteiger partial charge on any atom is 0.192 e. The summed E-state index contributed by atoms with van der Waals surface area (Å²) in [5.41, 5.74) is 4.17. The Morgan fingerprint density at radius 2 is 1.62 bits per heavy atom. The van der Waals surface area contributed by atoms with Crippen molar-refractivity contribution in [3.8, 4) is 11.5 Å². The zero-order valence-electron chi connectivity index (χ0n) is 23.3. The Morgan fingerprint density at radius 3 is 2.24 bits per heavy atom. The Labute approximate surface area is 222 Å². The van der Waals surface area contributed by atoms with Crippen molar-refractivity contribution in [2.45, 2.75) is 38.9 Å². The molecule has 1 aromatic heterocycles. The number of anilines is 3. The minimum atomic E-state index is -1.88. The van der Waals surface area contributed by atoms with Crippen LogP contribution < -0.4 is 19.3 Å². The first-order valence-electron chi connectivity index (χ1n) is 13.0. The third-order valence-corrected chi connectivity index (χ3v) is 12.1. The maximum absolute atomic E-state index is 6.57. The van der Waals surface area contributed by atoms with Crippen LogP contribution in [0.25, 0.3) is 10.9 Å². The van der Waals surface area contributed by atoms with Gasteiger partial charge < -0.3 is 28.4 Å². The number of benzene rings is 2. The van der Waals surface area contributed by atoms with Crippen molar-refractivity contribution in [2.75, 3.05) is 63.5 Å². The summed E-state index contributed by atoms with van der Waals surface area (Å²) < 4.78 is 23.3. The Balaban J connectivity index is 1.70. The lowest BCUT2D eigenvalue weighted by molar-refractivity contribution is 0.122. The third-order valence-electron chi connectivity index (χ3n) is 7.57. The zero-order chi connectivity index (χ0) is 26.6. The number of ether oxygens (including phenoxy) is 3. The fourth-order valence-corrected chi connectivity index (χ4v) is 5.27. The first kappa shape index (κ1) is 27.2. The molecule has 1 aliphatic heterocycles. The number of fused-ring (bicyclic) bond motifs is 1. The third kappa shape index (κ3) is 6.37. The smallest absolute Gasteiger partial charge is 0.192 e. The van der Waals surface area contributed by atoms with Gasteiger partial charge in [-0.2, -0.15) is 0 Å². The lowest BCUT2D eigenvalue weighted by Crippen LogP contribution is -2.42. The average Bonchev–Trinajstić information content (AvgIpc) is 2.90. The molecule has 1 saturated heterocycles. The molecule has 4 rings (SSSR count). The minimum Gasteiger partial charge on any atom is -0.497 e. The number of nitrogens with zero attached hydrogens (tertiary/aromatic N) is 3. The molecule has 2 aromatic carbocycles. The molecule has 3 aromatic rings. The quantitative estimate of drug-likeness (QED) is 0.307. The predicted octanol–water partition coefficient (Wildman–Crippen LogP) is 6.25. The van der Waals surface area contributed by atoms with Crippen LogP contribution in [0, 0.1) is 0 Å². The minimum absolute atomic E-state index is 0.154. The summed E-state index contributed by atoms with van der Waals surface area (Å²) in [4.78, 5) is 9.36. The molecule has 37 heavy (non-hydrogen) atoms. The summed E-state index contributed by atoms with van der Waals surface area (Å²) in [6.07, 6.45) is 1.96. The fraction of sp³-hybridized carbons (Fsp3) is 0.483. The molecular formula is C29H41N3O4Si. The van der Waals surface area contributed by atoms with E-state index >= 15 is 0 Å². The van der Waals surface area contributed by atoms with E-state index in [0.29, 0.717) is 13.2 Å². The van der Waals surface area contributed by atoms with Crippen LogP contribution in [0.15, 0.2) is 48.7 Å². The van der Waals surface area contributed by atoms with Gasteiger partial charge in [-0.25, -0.2) is 0 Å². The second-order valence-electron chi connectivity index (χ2n) is 11.0. The number of hydrogen-bond donors (Lipinski definition) is 0. The van der Waals surface area contributed by atoms with Gasteiger partial charge >= 0.3 is 0 Å². The van der Waals surface area contributed by atoms with Crippen LogP contribution in [-0.2, 0) is 9.16 Å². The van der Waals surface area contributed by atoms with Crippen LogP contribution >= 0.6 is 0 Å². The first-order valence-corrected chi connectivity index (χ1v) is 15.9. The summed E-state index contributed by atoms with van der Waals surface area (Å²) in [6.45, 7) is 16.0. The largest absolute Gasteiger partial charge is 0.497 e. The van der Waals surface area contributed by atoms with Gasteiger partial charge in [0.05, 0.1) is 51.4 Å². The Morgan fingerprint density at radius 1 is 0.946 bits per heavy atom. The van der Waals surface area contributed by atoms with Crippen molar-refractivity contribution in [3.05, 3.63) is 48.7 Å². The zero-order valence-corrected chi connectivity index (χ0v) is 24.3. The molecule has 0 spiro atoms. The van der Waals surface area contributed by atoms with Crippen molar-refractivity contribution >= 4 is 36.3 Å². The molecule has 7 nitrogen and oxygen atoms in total. The number of morpholine rings is 1. The average molecular weight is 524 g/mol. The van der Waals surface area contributed by atoms with Crippen LogP contribution in [0.5, 0.6) is 11.5 Å². The molecule has 1 aliphatic rings. The van der Waals surface area contributed by atoms with E-state index in [9.17, 15) is 0 Å². The van der Waals surface area contributed by atoms with Gasteiger partial charge in [0.2, 0.25) is 0 Å². The first-order chi connectivity index (χ1) is 17.6. The number of pyridine rings is 1. The topological polar surface area (TPSA) is 56.3 Å². The Kier molecular flexibility index (Phi) is 8.31. The molecule has 2 heterocycles.